The summed E-state index contributed by atoms with van der Waals surface area (Å²) in [5, 5.41) is 10.8. The molecule has 0 fully saturated rings. The lowest BCUT2D eigenvalue weighted by Gasteiger charge is -2.07. The number of anilines is 1. The maximum Gasteiger partial charge on any atom is 0.238 e. The second-order valence-corrected chi connectivity index (χ2v) is 6.76. The number of hydrogen-bond acceptors (Lipinski definition) is 6. The van der Waals surface area contributed by atoms with Crippen molar-refractivity contribution in [3.05, 3.63) is 40.9 Å². The minimum absolute atomic E-state index is 0.0768. The molecule has 108 valence electrons. The highest BCUT2D eigenvalue weighted by Gasteiger charge is 2.13. The zero-order chi connectivity index (χ0) is 14.4. The Bertz CT molecular complexity index is 641. The largest absolute Gasteiger partial charge is 0.313 e. The van der Waals surface area contributed by atoms with Gasteiger partial charge in [-0.15, -0.1) is 10.2 Å². The predicted octanol–water partition coefficient (Wildman–Crippen LogP) is 1.59. The quantitative estimate of drug-likeness (QED) is 0.811. The molecule has 20 heavy (non-hydrogen) atoms. The fourth-order valence-corrected chi connectivity index (χ4v) is 3.56. The van der Waals surface area contributed by atoms with Gasteiger partial charge in [-0.05, 0) is 17.7 Å². The summed E-state index contributed by atoms with van der Waals surface area (Å²) >= 11 is 1.15. The molecule has 0 atom stereocenters. The standard InChI is InChI=1S/C12H16N4O2S2/c1-2-13-7-10-4-3-5-11(6-10)8-20(17,18)16-12-15-14-9-19-12/h3-6,9,13H,2,7-8H2,1H3,(H,15,16). The monoisotopic (exact) mass is 312 g/mol. The lowest BCUT2D eigenvalue weighted by molar-refractivity contribution is 0.600. The van der Waals surface area contributed by atoms with Crippen LogP contribution in [0.3, 0.4) is 0 Å². The van der Waals surface area contributed by atoms with Gasteiger partial charge in [0.1, 0.15) is 5.51 Å². The van der Waals surface area contributed by atoms with Crippen LogP contribution in [0.2, 0.25) is 0 Å². The summed E-state index contributed by atoms with van der Waals surface area (Å²) in [5.41, 5.74) is 3.29. The fraction of sp³-hybridized carbons (Fsp3) is 0.333. The van der Waals surface area contributed by atoms with Gasteiger partial charge in [0, 0.05) is 6.54 Å². The summed E-state index contributed by atoms with van der Waals surface area (Å²) in [4.78, 5) is 0. The number of rotatable bonds is 7. The number of nitrogens with one attached hydrogen (secondary N) is 2. The van der Waals surface area contributed by atoms with Crippen LogP contribution in [0.4, 0.5) is 5.13 Å². The van der Waals surface area contributed by atoms with Crippen molar-refractivity contribution in [2.24, 2.45) is 0 Å². The van der Waals surface area contributed by atoms with Crippen molar-refractivity contribution in [1.82, 2.24) is 15.5 Å². The molecule has 1 aromatic heterocycles. The van der Waals surface area contributed by atoms with Gasteiger partial charge in [-0.2, -0.15) is 0 Å². The molecule has 0 amide bonds. The molecule has 2 aromatic rings. The van der Waals surface area contributed by atoms with E-state index < -0.39 is 10.0 Å². The summed E-state index contributed by atoms with van der Waals surface area (Å²) in [6.07, 6.45) is 0. The first-order valence-electron chi connectivity index (χ1n) is 6.14. The predicted molar refractivity (Wildman–Crippen MR) is 80.0 cm³/mol. The molecule has 1 aromatic carbocycles. The number of hydrogen-bond donors (Lipinski definition) is 2. The third-order valence-corrected chi connectivity index (χ3v) is 4.48. The van der Waals surface area contributed by atoms with Crippen LogP contribution in [-0.4, -0.2) is 25.2 Å². The molecule has 2 N–H and O–H groups in total. The third-order valence-electron chi connectivity index (χ3n) is 2.53. The zero-order valence-corrected chi connectivity index (χ0v) is 12.7. The van der Waals surface area contributed by atoms with E-state index in [4.69, 9.17) is 0 Å². The van der Waals surface area contributed by atoms with Crippen molar-refractivity contribution in [2.45, 2.75) is 19.2 Å². The van der Waals surface area contributed by atoms with Gasteiger partial charge in [0.25, 0.3) is 0 Å². The lowest BCUT2D eigenvalue weighted by atomic mass is 10.1. The van der Waals surface area contributed by atoms with Gasteiger partial charge in [0.05, 0.1) is 5.75 Å². The maximum atomic E-state index is 12.0. The van der Waals surface area contributed by atoms with Crippen LogP contribution in [0.5, 0.6) is 0 Å². The first kappa shape index (κ1) is 14.9. The van der Waals surface area contributed by atoms with E-state index in [1.54, 1.807) is 6.07 Å². The Morgan fingerprint density at radius 1 is 1.30 bits per heavy atom. The Hall–Kier alpha value is -1.51. The van der Waals surface area contributed by atoms with Gasteiger partial charge in [-0.25, -0.2) is 8.42 Å². The van der Waals surface area contributed by atoms with E-state index in [-0.39, 0.29) is 10.9 Å². The highest BCUT2D eigenvalue weighted by molar-refractivity contribution is 7.92. The third kappa shape index (κ3) is 4.55. The minimum Gasteiger partial charge on any atom is -0.313 e. The van der Waals surface area contributed by atoms with E-state index in [0.29, 0.717) is 0 Å². The number of benzene rings is 1. The molecule has 0 saturated carbocycles. The molecule has 0 radical (unpaired) electrons. The number of nitrogens with zero attached hydrogens (tertiary/aromatic N) is 2. The topological polar surface area (TPSA) is 84.0 Å². The van der Waals surface area contributed by atoms with Crippen LogP contribution in [0.15, 0.2) is 29.8 Å². The summed E-state index contributed by atoms with van der Waals surface area (Å²) in [6.45, 7) is 3.63. The van der Waals surface area contributed by atoms with Crippen molar-refractivity contribution < 1.29 is 8.42 Å². The Morgan fingerprint density at radius 3 is 2.80 bits per heavy atom. The molecule has 0 unspecified atom stereocenters. The van der Waals surface area contributed by atoms with E-state index >= 15 is 0 Å². The molecular formula is C12H16N4O2S2. The first-order valence-corrected chi connectivity index (χ1v) is 8.67. The average molecular weight is 312 g/mol. The molecule has 8 heteroatoms. The highest BCUT2D eigenvalue weighted by Crippen LogP contribution is 2.14. The SMILES string of the molecule is CCNCc1cccc(CS(=O)(=O)Nc2nncs2)c1. The molecule has 1 heterocycles. The smallest absolute Gasteiger partial charge is 0.238 e. The van der Waals surface area contributed by atoms with Crippen LogP contribution in [0.25, 0.3) is 0 Å². The van der Waals surface area contributed by atoms with Gasteiger partial charge in [-0.1, -0.05) is 42.5 Å². The van der Waals surface area contributed by atoms with Crippen molar-refractivity contribution in [1.29, 1.82) is 0 Å². The van der Waals surface area contributed by atoms with Crippen LogP contribution in [-0.2, 0) is 22.3 Å². The zero-order valence-electron chi connectivity index (χ0n) is 11.0. The van der Waals surface area contributed by atoms with Gasteiger partial charge in [0.15, 0.2) is 0 Å². The minimum atomic E-state index is -3.46. The fourth-order valence-electron chi connectivity index (χ4n) is 1.70. The van der Waals surface area contributed by atoms with E-state index in [9.17, 15) is 8.42 Å². The molecule has 6 nitrogen and oxygen atoms in total. The van der Waals surface area contributed by atoms with Crippen molar-refractivity contribution in [3.63, 3.8) is 0 Å². The van der Waals surface area contributed by atoms with E-state index in [0.717, 1.165) is 35.6 Å². The van der Waals surface area contributed by atoms with Crippen LogP contribution >= 0.6 is 11.3 Å². The Labute approximate surface area is 122 Å². The van der Waals surface area contributed by atoms with Crippen LogP contribution < -0.4 is 10.0 Å². The first-order chi connectivity index (χ1) is 9.59. The summed E-state index contributed by atoms with van der Waals surface area (Å²) < 4.78 is 26.4. The normalized spacial score (nSPS) is 11.4. The van der Waals surface area contributed by atoms with E-state index in [1.807, 2.05) is 25.1 Å². The summed E-state index contributed by atoms with van der Waals surface area (Å²) in [5.74, 6) is -0.0768. The Morgan fingerprint density at radius 2 is 2.10 bits per heavy atom. The number of sulfonamides is 1. The van der Waals surface area contributed by atoms with Gasteiger partial charge in [0.2, 0.25) is 15.2 Å². The molecule has 0 saturated heterocycles. The molecule has 0 bridgehead atoms. The van der Waals surface area contributed by atoms with Gasteiger partial charge < -0.3 is 5.32 Å². The molecule has 0 aliphatic carbocycles. The number of aromatic nitrogens is 2. The Balaban J connectivity index is 2.05. The molecular weight excluding hydrogens is 296 g/mol. The molecule has 0 spiro atoms. The molecule has 0 aliphatic rings. The van der Waals surface area contributed by atoms with Crippen molar-refractivity contribution >= 4 is 26.5 Å². The maximum absolute atomic E-state index is 12.0. The van der Waals surface area contributed by atoms with Gasteiger partial charge in [-0.3, -0.25) is 4.72 Å². The van der Waals surface area contributed by atoms with Crippen LogP contribution in [0, 0.1) is 0 Å². The molecule has 2 rings (SSSR count). The second-order valence-electron chi connectivity index (χ2n) is 4.21. The van der Waals surface area contributed by atoms with Crippen molar-refractivity contribution in [3.8, 4) is 0 Å². The van der Waals surface area contributed by atoms with E-state index in [1.165, 1.54) is 5.51 Å². The van der Waals surface area contributed by atoms with Crippen LogP contribution in [0.1, 0.15) is 18.1 Å². The van der Waals surface area contributed by atoms with E-state index in [2.05, 4.69) is 20.2 Å². The van der Waals surface area contributed by atoms with Gasteiger partial charge >= 0.3 is 0 Å². The Kier molecular flexibility index (Phi) is 5.05. The summed E-state index contributed by atoms with van der Waals surface area (Å²) in [6, 6.07) is 7.52. The lowest BCUT2D eigenvalue weighted by Crippen LogP contribution is -2.16. The van der Waals surface area contributed by atoms with Crippen molar-refractivity contribution in [2.75, 3.05) is 11.3 Å². The second kappa shape index (κ2) is 6.78. The average Bonchev–Trinajstić information content (AvgIpc) is 2.88. The summed E-state index contributed by atoms with van der Waals surface area (Å²) in [7, 11) is -3.46. The highest BCUT2D eigenvalue weighted by atomic mass is 32.2. The molecule has 0 aliphatic heterocycles.